The van der Waals surface area contributed by atoms with Crippen LogP contribution < -0.4 is 4.74 Å². The molecule has 0 saturated heterocycles. The number of ether oxygens (including phenoxy) is 1. The molecule has 5 nitrogen and oxygen atoms in total. The van der Waals surface area contributed by atoms with Crippen LogP contribution in [-0.4, -0.2) is 29.1 Å². The van der Waals surface area contributed by atoms with E-state index in [1.54, 1.807) is 24.3 Å². The summed E-state index contributed by atoms with van der Waals surface area (Å²) in [5.41, 5.74) is 0.287. The lowest BCUT2D eigenvalue weighted by atomic mass is 9.97. The summed E-state index contributed by atoms with van der Waals surface area (Å²) in [5, 5.41) is 19.5. The van der Waals surface area contributed by atoms with E-state index in [2.05, 4.69) is 0 Å². The van der Waals surface area contributed by atoms with E-state index in [9.17, 15) is 19.8 Å². The van der Waals surface area contributed by atoms with Gasteiger partial charge in [0.05, 0.1) is 7.11 Å². The highest BCUT2D eigenvalue weighted by Gasteiger charge is 2.20. The first-order valence-electron chi connectivity index (χ1n) is 6.34. The average molecular weight is 321 g/mol. The summed E-state index contributed by atoms with van der Waals surface area (Å²) in [5.74, 6) is -1.75. The number of hydrogen-bond donors (Lipinski definition) is 2. The second-order valence-electron chi connectivity index (χ2n) is 4.59. The third kappa shape index (κ3) is 3.38. The molecule has 0 radical (unpaired) electrons. The van der Waals surface area contributed by atoms with Gasteiger partial charge in [-0.15, -0.1) is 0 Å². The van der Waals surface area contributed by atoms with Crippen LogP contribution in [0.15, 0.2) is 36.4 Å². The number of carboxylic acids is 1. The Bertz CT molecular complexity index is 722. The smallest absolute Gasteiger partial charge is 0.339 e. The Morgan fingerprint density at radius 2 is 1.82 bits per heavy atom. The van der Waals surface area contributed by atoms with Gasteiger partial charge in [-0.25, -0.2) is 4.79 Å². The minimum absolute atomic E-state index is 0.173. The van der Waals surface area contributed by atoms with Gasteiger partial charge < -0.3 is 14.9 Å². The molecule has 6 heteroatoms. The van der Waals surface area contributed by atoms with Gasteiger partial charge in [-0.05, 0) is 35.9 Å². The highest BCUT2D eigenvalue weighted by atomic mass is 35.5. The second kappa shape index (κ2) is 6.49. The van der Waals surface area contributed by atoms with E-state index in [1.807, 2.05) is 0 Å². The molecule has 0 saturated carbocycles. The molecule has 0 atom stereocenters. The SMILES string of the molecule is COc1cc(O)c(C(=O)O)c(CC(=O)c2ccc(Cl)cc2)c1. The molecule has 2 aromatic rings. The minimum atomic E-state index is -1.31. The number of phenols is 1. The van der Waals surface area contributed by atoms with Crippen LogP contribution in [0.25, 0.3) is 0 Å². The Hall–Kier alpha value is -2.53. The molecule has 0 aromatic heterocycles. The zero-order valence-electron chi connectivity index (χ0n) is 11.7. The molecular formula is C16H13ClO5. The third-order valence-corrected chi connectivity index (χ3v) is 3.39. The van der Waals surface area contributed by atoms with E-state index in [-0.39, 0.29) is 29.1 Å². The lowest BCUT2D eigenvalue weighted by molar-refractivity contribution is 0.0692. The Labute approximate surface area is 131 Å². The van der Waals surface area contributed by atoms with Gasteiger partial charge in [-0.1, -0.05) is 11.6 Å². The first-order chi connectivity index (χ1) is 10.4. The lowest BCUT2D eigenvalue weighted by Gasteiger charge is -2.10. The van der Waals surface area contributed by atoms with Gasteiger partial charge in [0.1, 0.15) is 17.1 Å². The van der Waals surface area contributed by atoms with Crippen molar-refractivity contribution >= 4 is 23.4 Å². The van der Waals surface area contributed by atoms with E-state index in [4.69, 9.17) is 16.3 Å². The predicted molar refractivity (Wildman–Crippen MR) is 81.1 cm³/mol. The van der Waals surface area contributed by atoms with Crippen LogP contribution in [0.2, 0.25) is 5.02 Å². The predicted octanol–water partition coefficient (Wildman–Crippen LogP) is 3.18. The molecule has 0 bridgehead atoms. The summed E-state index contributed by atoms with van der Waals surface area (Å²) in [6.45, 7) is 0. The molecule has 0 aliphatic carbocycles. The zero-order valence-corrected chi connectivity index (χ0v) is 12.4. The number of methoxy groups -OCH3 is 1. The minimum Gasteiger partial charge on any atom is -0.507 e. The highest BCUT2D eigenvalue weighted by molar-refractivity contribution is 6.30. The van der Waals surface area contributed by atoms with E-state index in [0.717, 1.165) is 0 Å². The van der Waals surface area contributed by atoms with Gasteiger partial charge in [0, 0.05) is 23.1 Å². The van der Waals surface area contributed by atoms with Crippen LogP contribution in [0, 0.1) is 0 Å². The lowest BCUT2D eigenvalue weighted by Crippen LogP contribution is -2.09. The number of hydrogen-bond acceptors (Lipinski definition) is 4. The van der Waals surface area contributed by atoms with E-state index >= 15 is 0 Å². The monoisotopic (exact) mass is 320 g/mol. The van der Waals surface area contributed by atoms with Crippen LogP contribution in [0.3, 0.4) is 0 Å². The van der Waals surface area contributed by atoms with E-state index in [1.165, 1.54) is 19.2 Å². The molecule has 0 unspecified atom stereocenters. The summed E-state index contributed by atoms with van der Waals surface area (Å²) in [7, 11) is 1.39. The van der Waals surface area contributed by atoms with Crippen molar-refractivity contribution in [3.63, 3.8) is 0 Å². The Balaban J connectivity index is 2.39. The molecular weight excluding hydrogens is 308 g/mol. The molecule has 2 rings (SSSR count). The van der Waals surface area contributed by atoms with Crippen LogP contribution in [0.5, 0.6) is 11.5 Å². The number of aromatic carboxylic acids is 1. The van der Waals surface area contributed by atoms with Crippen molar-refractivity contribution in [2.75, 3.05) is 7.11 Å². The number of benzene rings is 2. The highest BCUT2D eigenvalue weighted by Crippen LogP contribution is 2.29. The van der Waals surface area contributed by atoms with Gasteiger partial charge in [0.2, 0.25) is 0 Å². The summed E-state index contributed by atoms with van der Waals surface area (Å²) in [6.07, 6.45) is -0.173. The van der Waals surface area contributed by atoms with Crippen molar-refractivity contribution in [3.8, 4) is 11.5 Å². The molecule has 0 amide bonds. The topological polar surface area (TPSA) is 83.8 Å². The summed E-state index contributed by atoms with van der Waals surface area (Å²) in [4.78, 5) is 23.5. The van der Waals surface area contributed by atoms with Crippen LogP contribution in [-0.2, 0) is 6.42 Å². The van der Waals surface area contributed by atoms with E-state index < -0.39 is 11.7 Å². The summed E-state index contributed by atoms with van der Waals surface area (Å²) in [6, 6.07) is 8.90. The molecule has 114 valence electrons. The molecule has 0 aliphatic heterocycles. The van der Waals surface area contributed by atoms with Crippen molar-refractivity contribution in [2.45, 2.75) is 6.42 Å². The normalized spacial score (nSPS) is 10.3. The fraction of sp³-hybridized carbons (Fsp3) is 0.125. The molecule has 0 spiro atoms. The quantitative estimate of drug-likeness (QED) is 0.827. The molecule has 22 heavy (non-hydrogen) atoms. The Kier molecular flexibility index (Phi) is 4.68. The van der Waals surface area contributed by atoms with Gasteiger partial charge in [-0.3, -0.25) is 4.79 Å². The van der Waals surface area contributed by atoms with Crippen molar-refractivity contribution in [2.24, 2.45) is 0 Å². The van der Waals surface area contributed by atoms with E-state index in [0.29, 0.717) is 10.6 Å². The summed E-state index contributed by atoms with van der Waals surface area (Å²) >= 11 is 5.77. The van der Waals surface area contributed by atoms with Crippen molar-refractivity contribution in [3.05, 3.63) is 58.1 Å². The summed E-state index contributed by atoms with van der Waals surface area (Å²) < 4.78 is 4.99. The number of aromatic hydroxyl groups is 1. The fourth-order valence-electron chi connectivity index (χ4n) is 2.07. The van der Waals surface area contributed by atoms with Gasteiger partial charge in [-0.2, -0.15) is 0 Å². The molecule has 0 fully saturated rings. The van der Waals surface area contributed by atoms with Crippen molar-refractivity contribution in [1.29, 1.82) is 0 Å². The van der Waals surface area contributed by atoms with Gasteiger partial charge in [0.25, 0.3) is 0 Å². The van der Waals surface area contributed by atoms with Crippen molar-refractivity contribution < 1.29 is 24.5 Å². The number of carbonyl (C=O) groups is 2. The molecule has 2 aromatic carbocycles. The average Bonchev–Trinajstić information content (AvgIpc) is 2.46. The number of Topliss-reactive ketones (excluding diaryl/α,β-unsaturated/α-hetero) is 1. The second-order valence-corrected chi connectivity index (χ2v) is 5.03. The van der Waals surface area contributed by atoms with Crippen molar-refractivity contribution in [1.82, 2.24) is 0 Å². The molecule has 2 N–H and O–H groups in total. The zero-order chi connectivity index (χ0) is 16.3. The first kappa shape index (κ1) is 15.9. The standard InChI is InChI=1S/C16H13ClO5/c1-22-12-6-10(15(16(20)21)14(19)8-12)7-13(18)9-2-4-11(17)5-3-9/h2-6,8,19H,7H2,1H3,(H,20,21). The molecule has 0 aliphatic rings. The van der Waals surface area contributed by atoms with Gasteiger partial charge >= 0.3 is 5.97 Å². The fourth-order valence-corrected chi connectivity index (χ4v) is 2.20. The largest absolute Gasteiger partial charge is 0.507 e. The Morgan fingerprint density at radius 3 is 2.36 bits per heavy atom. The number of rotatable bonds is 5. The third-order valence-electron chi connectivity index (χ3n) is 3.14. The maximum absolute atomic E-state index is 12.3. The first-order valence-corrected chi connectivity index (χ1v) is 6.72. The number of halogens is 1. The van der Waals surface area contributed by atoms with Crippen LogP contribution in [0.1, 0.15) is 26.3 Å². The van der Waals surface area contributed by atoms with Crippen LogP contribution in [0.4, 0.5) is 0 Å². The van der Waals surface area contributed by atoms with Crippen LogP contribution >= 0.6 is 11.6 Å². The number of carbonyl (C=O) groups excluding carboxylic acids is 1. The number of ketones is 1. The molecule has 0 heterocycles. The maximum Gasteiger partial charge on any atom is 0.339 e. The maximum atomic E-state index is 12.3. The Morgan fingerprint density at radius 1 is 1.18 bits per heavy atom. The number of carboxylic acid groups (broad SMARTS) is 1. The van der Waals surface area contributed by atoms with Gasteiger partial charge in [0.15, 0.2) is 5.78 Å².